The van der Waals surface area contributed by atoms with Crippen molar-refractivity contribution in [3.8, 4) is 0 Å². The summed E-state index contributed by atoms with van der Waals surface area (Å²) >= 11 is 0. The number of hydrogen-bond donors (Lipinski definition) is 3. The minimum atomic E-state index is -0.684. The van der Waals surface area contributed by atoms with Gasteiger partial charge in [-0.15, -0.1) is 0 Å². The van der Waals surface area contributed by atoms with E-state index in [9.17, 15) is 14.4 Å². The molecular weight excluding hydrogens is 248 g/mol. The lowest BCUT2D eigenvalue weighted by Gasteiger charge is -2.46. The third-order valence-corrected chi connectivity index (χ3v) is 4.12. The first-order chi connectivity index (χ1) is 8.94. The highest BCUT2D eigenvalue weighted by Gasteiger charge is 2.48. The summed E-state index contributed by atoms with van der Waals surface area (Å²) in [6, 6.07) is -0.684. The van der Waals surface area contributed by atoms with Gasteiger partial charge < -0.3 is 21.7 Å². The molecule has 7 nitrogen and oxygen atoms in total. The third kappa shape index (κ3) is 2.70. The van der Waals surface area contributed by atoms with Crippen LogP contribution < -0.4 is 16.8 Å². The number of nitrogens with zero attached hydrogens (tertiary/aromatic N) is 1. The highest BCUT2D eigenvalue weighted by atomic mass is 16.2. The van der Waals surface area contributed by atoms with Crippen LogP contribution in [0.25, 0.3) is 0 Å². The minimum absolute atomic E-state index is 0.0950. The van der Waals surface area contributed by atoms with Gasteiger partial charge in [-0.05, 0) is 19.3 Å². The molecule has 2 aliphatic heterocycles. The molecule has 0 aromatic heterocycles. The van der Waals surface area contributed by atoms with Gasteiger partial charge in [0.25, 0.3) is 0 Å². The van der Waals surface area contributed by atoms with Crippen molar-refractivity contribution in [2.75, 3.05) is 19.6 Å². The Labute approximate surface area is 111 Å². The van der Waals surface area contributed by atoms with Crippen LogP contribution in [-0.4, -0.2) is 48.3 Å². The second kappa shape index (κ2) is 5.16. The number of amides is 3. The fourth-order valence-corrected chi connectivity index (χ4v) is 2.63. The van der Waals surface area contributed by atoms with Gasteiger partial charge in [0.15, 0.2) is 0 Å². The largest absolute Gasteiger partial charge is 0.370 e. The fourth-order valence-electron chi connectivity index (χ4n) is 2.63. The number of hydrogen-bond acceptors (Lipinski definition) is 4. The number of β-lactam (4-membered cyclic amide) rings is 1. The van der Waals surface area contributed by atoms with Gasteiger partial charge in [-0.3, -0.25) is 14.4 Å². The summed E-state index contributed by atoms with van der Waals surface area (Å²) < 4.78 is 0. The maximum Gasteiger partial charge on any atom is 0.239 e. The topological polar surface area (TPSA) is 119 Å². The van der Waals surface area contributed by atoms with Crippen LogP contribution in [0.15, 0.2) is 0 Å². The lowest BCUT2D eigenvalue weighted by atomic mass is 9.72. The Morgan fingerprint density at radius 2 is 2.00 bits per heavy atom. The molecule has 2 fully saturated rings. The van der Waals surface area contributed by atoms with E-state index >= 15 is 0 Å². The molecule has 2 heterocycles. The monoisotopic (exact) mass is 268 g/mol. The van der Waals surface area contributed by atoms with Gasteiger partial charge in [-0.25, -0.2) is 0 Å². The number of carbonyl (C=O) groups excluding carboxylic acids is 3. The van der Waals surface area contributed by atoms with Gasteiger partial charge in [-0.1, -0.05) is 0 Å². The van der Waals surface area contributed by atoms with Gasteiger partial charge in [0.05, 0.1) is 11.5 Å². The van der Waals surface area contributed by atoms with E-state index in [1.54, 1.807) is 4.90 Å². The molecule has 0 unspecified atom stereocenters. The van der Waals surface area contributed by atoms with Crippen LogP contribution in [0.1, 0.15) is 25.7 Å². The summed E-state index contributed by atoms with van der Waals surface area (Å²) in [5, 5.41) is 2.75. The van der Waals surface area contributed by atoms with Gasteiger partial charge in [0.1, 0.15) is 0 Å². The normalized spacial score (nSPS) is 22.6. The van der Waals surface area contributed by atoms with E-state index in [0.29, 0.717) is 32.5 Å². The number of likely N-dealkylation sites (tertiary alicyclic amines) is 1. The Kier molecular flexibility index (Phi) is 3.75. The Hall–Kier alpha value is -1.63. The lowest BCUT2D eigenvalue weighted by Crippen LogP contribution is -2.63. The Balaban J connectivity index is 1.82. The Morgan fingerprint density at radius 1 is 1.37 bits per heavy atom. The smallest absolute Gasteiger partial charge is 0.239 e. The molecular formula is C12H20N4O3. The number of nitrogens with two attached hydrogens (primary N) is 2. The van der Waals surface area contributed by atoms with E-state index < -0.39 is 11.9 Å². The van der Waals surface area contributed by atoms with E-state index in [0.717, 1.165) is 0 Å². The molecule has 0 saturated carbocycles. The molecule has 0 aromatic carbocycles. The highest BCUT2D eigenvalue weighted by Crippen LogP contribution is 2.36. The zero-order valence-electron chi connectivity index (χ0n) is 10.9. The number of piperidine rings is 1. The molecule has 2 aliphatic rings. The fraction of sp³-hybridized carbons (Fsp3) is 0.750. The van der Waals surface area contributed by atoms with Gasteiger partial charge in [-0.2, -0.15) is 0 Å². The van der Waals surface area contributed by atoms with Crippen molar-refractivity contribution < 1.29 is 14.4 Å². The minimum Gasteiger partial charge on any atom is -0.370 e. The first-order valence-corrected chi connectivity index (χ1v) is 6.56. The van der Waals surface area contributed by atoms with Crippen molar-refractivity contribution in [1.29, 1.82) is 0 Å². The molecule has 0 aromatic rings. The SMILES string of the molecule is NC(=O)CC[C@H](N)C(=O)N1CCC2(CC1)CNC2=O. The number of nitrogens with one attached hydrogen (secondary N) is 1. The Bertz CT molecular complexity index is 402. The molecule has 106 valence electrons. The standard InChI is InChI=1S/C12H20N4O3/c13-8(1-2-9(14)17)10(18)16-5-3-12(4-6-16)7-15-11(12)19/h8H,1-7,13H2,(H2,14,17)(H,15,19)/t8-/m0/s1. The van der Waals surface area contributed by atoms with Crippen LogP contribution in [-0.2, 0) is 14.4 Å². The number of primary amides is 1. The second-order valence-electron chi connectivity index (χ2n) is 5.40. The molecule has 0 aliphatic carbocycles. The molecule has 5 N–H and O–H groups in total. The third-order valence-electron chi connectivity index (χ3n) is 4.12. The van der Waals surface area contributed by atoms with Crippen LogP contribution in [0.4, 0.5) is 0 Å². The lowest BCUT2D eigenvalue weighted by molar-refractivity contribution is -0.148. The van der Waals surface area contributed by atoms with E-state index in [1.165, 1.54) is 0 Å². The van der Waals surface area contributed by atoms with Crippen molar-refractivity contribution in [2.45, 2.75) is 31.7 Å². The molecule has 1 atom stereocenters. The van der Waals surface area contributed by atoms with Crippen molar-refractivity contribution in [1.82, 2.24) is 10.2 Å². The Morgan fingerprint density at radius 3 is 2.42 bits per heavy atom. The van der Waals surface area contributed by atoms with E-state index in [-0.39, 0.29) is 30.1 Å². The maximum atomic E-state index is 12.1. The number of rotatable bonds is 4. The number of carbonyl (C=O) groups is 3. The van der Waals surface area contributed by atoms with Crippen LogP contribution in [0, 0.1) is 5.41 Å². The van der Waals surface area contributed by atoms with Crippen molar-refractivity contribution >= 4 is 17.7 Å². The highest BCUT2D eigenvalue weighted by molar-refractivity contribution is 5.89. The molecule has 2 saturated heterocycles. The first kappa shape index (κ1) is 13.8. The second-order valence-corrected chi connectivity index (χ2v) is 5.40. The van der Waals surface area contributed by atoms with Gasteiger partial charge in [0, 0.05) is 26.1 Å². The molecule has 3 amide bonds. The van der Waals surface area contributed by atoms with E-state index in [1.807, 2.05) is 0 Å². The maximum absolute atomic E-state index is 12.1. The molecule has 0 radical (unpaired) electrons. The molecule has 2 rings (SSSR count). The average molecular weight is 268 g/mol. The van der Waals surface area contributed by atoms with E-state index in [4.69, 9.17) is 11.5 Å². The van der Waals surface area contributed by atoms with Crippen LogP contribution in [0.5, 0.6) is 0 Å². The predicted octanol–water partition coefficient (Wildman–Crippen LogP) is -1.68. The molecule has 19 heavy (non-hydrogen) atoms. The summed E-state index contributed by atoms with van der Waals surface area (Å²) in [5.74, 6) is -0.513. The quantitative estimate of drug-likeness (QED) is 0.527. The molecule has 0 bridgehead atoms. The van der Waals surface area contributed by atoms with Crippen molar-refractivity contribution in [3.63, 3.8) is 0 Å². The van der Waals surface area contributed by atoms with Gasteiger partial charge >= 0.3 is 0 Å². The van der Waals surface area contributed by atoms with Crippen LogP contribution in [0.3, 0.4) is 0 Å². The first-order valence-electron chi connectivity index (χ1n) is 6.56. The van der Waals surface area contributed by atoms with Gasteiger partial charge in [0.2, 0.25) is 17.7 Å². The van der Waals surface area contributed by atoms with E-state index in [2.05, 4.69) is 5.32 Å². The van der Waals surface area contributed by atoms with Crippen LogP contribution >= 0.6 is 0 Å². The molecule has 7 heteroatoms. The summed E-state index contributed by atoms with van der Waals surface area (Å²) in [6.45, 7) is 1.81. The summed E-state index contributed by atoms with van der Waals surface area (Å²) in [6.07, 6.45) is 1.77. The summed E-state index contributed by atoms with van der Waals surface area (Å²) in [7, 11) is 0. The predicted molar refractivity (Wildman–Crippen MR) is 67.7 cm³/mol. The summed E-state index contributed by atoms with van der Waals surface area (Å²) in [5.41, 5.74) is 10.5. The zero-order chi connectivity index (χ0) is 14.0. The van der Waals surface area contributed by atoms with Crippen molar-refractivity contribution in [3.05, 3.63) is 0 Å². The zero-order valence-corrected chi connectivity index (χ0v) is 10.9. The molecule has 1 spiro atoms. The van der Waals surface area contributed by atoms with Crippen LogP contribution in [0.2, 0.25) is 0 Å². The average Bonchev–Trinajstić information content (AvgIpc) is 2.42. The summed E-state index contributed by atoms with van der Waals surface area (Å²) in [4.78, 5) is 35.9. The van der Waals surface area contributed by atoms with Crippen molar-refractivity contribution in [2.24, 2.45) is 16.9 Å².